The van der Waals surface area contributed by atoms with Crippen LogP contribution < -0.4 is 9.64 Å². The van der Waals surface area contributed by atoms with Crippen molar-refractivity contribution in [1.82, 2.24) is 9.88 Å². The molecule has 1 aromatic heterocycles. The van der Waals surface area contributed by atoms with Crippen LogP contribution in [-0.2, 0) is 0 Å². The number of carbonyl (C=O) groups excluding carboxylic acids is 2. The van der Waals surface area contributed by atoms with Crippen LogP contribution in [0.5, 0.6) is 5.75 Å². The summed E-state index contributed by atoms with van der Waals surface area (Å²) in [6, 6.07) is 6.93. The number of thiazole rings is 1. The number of amides is 2. The second-order valence-corrected chi connectivity index (χ2v) is 7.48. The van der Waals surface area contributed by atoms with Crippen molar-refractivity contribution in [3.8, 4) is 5.75 Å². The molecule has 2 rings (SSSR count). The van der Waals surface area contributed by atoms with Crippen molar-refractivity contribution in [3.05, 3.63) is 40.9 Å². The number of hydrogen-bond donors (Lipinski definition) is 0. The molecule has 0 spiro atoms. The van der Waals surface area contributed by atoms with E-state index in [1.54, 1.807) is 55.8 Å². The van der Waals surface area contributed by atoms with Crippen LogP contribution in [0.25, 0.3) is 0 Å². The maximum atomic E-state index is 12.6. The van der Waals surface area contributed by atoms with Gasteiger partial charge >= 0.3 is 0 Å². The van der Waals surface area contributed by atoms with Crippen molar-refractivity contribution in [1.29, 1.82) is 0 Å². The van der Waals surface area contributed by atoms with Crippen molar-refractivity contribution in [2.75, 3.05) is 26.1 Å². The molecule has 25 heavy (non-hydrogen) atoms. The van der Waals surface area contributed by atoms with Crippen LogP contribution in [0.4, 0.5) is 5.13 Å². The molecule has 7 heteroatoms. The fourth-order valence-corrected chi connectivity index (χ4v) is 2.79. The van der Waals surface area contributed by atoms with Gasteiger partial charge in [-0.15, -0.1) is 11.3 Å². The summed E-state index contributed by atoms with van der Waals surface area (Å²) in [7, 11) is 4.94. The summed E-state index contributed by atoms with van der Waals surface area (Å²) in [4.78, 5) is 32.5. The molecular weight excluding hydrogens is 338 g/mol. The molecule has 6 nitrogen and oxygen atoms in total. The zero-order chi connectivity index (χ0) is 18.8. The number of anilines is 1. The van der Waals surface area contributed by atoms with E-state index in [-0.39, 0.29) is 17.4 Å². The summed E-state index contributed by atoms with van der Waals surface area (Å²) in [5.41, 5.74) is 0.530. The summed E-state index contributed by atoms with van der Waals surface area (Å²) in [6.45, 7) is 5.86. The Morgan fingerprint density at radius 2 is 1.84 bits per heavy atom. The minimum Gasteiger partial charge on any atom is -0.497 e. The van der Waals surface area contributed by atoms with E-state index in [1.165, 1.54) is 16.2 Å². The van der Waals surface area contributed by atoms with Crippen LogP contribution in [0.2, 0.25) is 0 Å². The van der Waals surface area contributed by atoms with Gasteiger partial charge in [0.05, 0.1) is 7.11 Å². The van der Waals surface area contributed by atoms with Crippen LogP contribution in [0.15, 0.2) is 29.6 Å². The lowest BCUT2D eigenvalue weighted by Crippen LogP contribution is -2.42. The van der Waals surface area contributed by atoms with Gasteiger partial charge in [-0.25, -0.2) is 4.98 Å². The number of benzene rings is 1. The molecule has 1 aromatic carbocycles. The molecule has 1 heterocycles. The van der Waals surface area contributed by atoms with Crippen molar-refractivity contribution < 1.29 is 14.3 Å². The van der Waals surface area contributed by atoms with E-state index in [9.17, 15) is 9.59 Å². The van der Waals surface area contributed by atoms with E-state index in [1.807, 2.05) is 20.8 Å². The number of methoxy groups -OCH3 is 1. The molecule has 0 saturated heterocycles. The normalized spacial score (nSPS) is 11.1. The highest BCUT2D eigenvalue weighted by Crippen LogP contribution is 2.24. The first-order valence-corrected chi connectivity index (χ1v) is 8.69. The number of carbonyl (C=O) groups is 2. The fourth-order valence-electron chi connectivity index (χ4n) is 2.03. The number of ether oxygens (including phenoxy) is 1. The molecule has 0 atom stereocenters. The predicted molar refractivity (Wildman–Crippen MR) is 99.7 cm³/mol. The molecule has 0 radical (unpaired) electrons. The molecular formula is C18H23N3O3S. The Balaban J connectivity index is 2.21. The van der Waals surface area contributed by atoms with Gasteiger partial charge < -0.3 is 9.64 Å². The Morgan fingerprint density at radius 3 is 2.44 bits per heavy atom. The Labute approximate surface area is 152 Å². The van der Waals surface area contributed by atoms with E-state index in [4.69, 9.17) is 4.74 Å². The smallest absolute Gasteiger partial charge is 0.273 e. The van der Waals surface area contributed by atoms with Gasteiger partial charge in [0.25, 0.3) is 11.8 Å². The molecule has 0 N–H and O–H groups in total. The Morgan fingerprint density at radius 1 is 1.16 bits per heavy atom. The maximum Gasteiger partial charge on any atom is 0.273 e. The molecule has 134 valence electrons. The lowest BCUT2D eigenvalue weighted by Gasteiger charge is -2.31. The van der Waals surface area contributed by atoms with Crippen LogP contribution in [0.1, 0.15) is 41.6 Å². The zero-order valence-corrected chi connectivity index (χ0v) is 16.2. The van der Waals surface area contributed by atoms with Crippen LogP contribution >= 0.6 is 11.3 Å². The summed E-state index contributed by atoms with van der Waals surface area (Å²) in [5, 5.41) is 2.15. The lowest BCUT2D eigenvalue weighted by atomic mass is 10.1. The van der Waals surface area contributed by atoms with E-state index in [2.05, 4.69) is 4.98 Å². The number of aromatic nitrogens is 1. The first kappa shape index (κ1) is 18.9. The molecule has 0 bridgehead atoms. The van der Waals surface area contributed by atoms with Gasteiger partial charge in [0.1, 0.15) is 11.4 Å². The Hall–Kier alpha value is -2.41. The molecule has 2 aromatic rings. The second-order valence-electron chi connectivity index (χ2n) is 6.65. The quantitative estimate of drug-likeness (QED) is 0.838. The summed E-state index contributed by atoms with van der Waals surface area (Å²) >= 11 is 1.26. The molecule has 0 aliphatic carbocycles. The van der Waals surface area contributed by atoms with Crippen LogP contribution in [0, 0.1) is 0 Å². The first-order chi connectivity index (χ1) is 11.6. The van der Waals surface area contributed by atoms with E-state index >= 15 is 0 Å². The van der Waals surface area contributed by atoms with E-state index in [0.29, 0.717) is 22.1 Å². The average Bonchev–Trinajstić information content (AvgIpc) is 3.08. The van der Waals surface area contributed by atoms with Crippen LogP contribution in [-0.4, -0.2) is 48.4 Å². The van der Waals surface area contributed by atoms with Gasteiger partial charge in [0.15, 0.2) is 5.13 Å². The van der Waals surface area contributed by atoms with Crippen molar-refractivity contribution in [2.45, 2.75) is 26.3 Å². The van der Waals surface area contributed by atoms with Gasteiger partial charge in [-0.3, -0.25) is 14.5 Å². The average molecular weight is 361 g/mol. The maximum absolute atomic E-state index is 12.6. The fraction of sp³-hybridized carbons (Fsp3) is 0.389. The van der Waals surface area contributed by atoms with Gasteiger partial charge in [-0.1, -0.05) is 6.07 Å². The summed E-state index contributed by atoms with van der Waals surface area (Å²) in [6.07, 6.45) is 0. The minimum absolute atomic E-state index is 0.169. The van der Waals surface area contributed by atoms with Gasteiger partial charge in [0.2, 0.25) is 0 Å². The molecule has 0 saturated carbocycles. The molecule has 0 unspecified atom stereocenters. The third-order valence-corrected chi connectivity index (χ3v) is 4.85. The summed E-state index contributed by atoms with van der Waals surface area (Å²) < 4.78 is 5.15. The monoisotopic (exact) mass is 361 g/mol. The first-order valence-electron chi connectivity index (χ1n) is 7.81. The Bertz CT molecular complexity index is 780. The molecule has 0 aliphatic heterocycles. The topological polar surface area (TPSA) is 62.7 Å². The van der Waals surface area contributed by atoms with Crippen LogP contribution in [0.3, 0.4) is 0 Å². The highest BCUT2D eigenvalue weighted by Gasteiger charge is 2.26. The molecule has 0 fully saturated rings. The molecule has 0 aliphatic rings. The van der Waals surface area contributed by atoms with Crippen molar-refractivity contribution >= 4 is 28.3 Å². The lowest BCUT2D eigenvalue weighted by molar-refractivity contribution is 0.0650. The second kappa shape index (κ2) is 7.23. The largest absolute Gasteiger partial charge is 0.497 e. The Kier molecular flexibility index (Phi) is 5.47. The number of nitrogens with zero attached hydrogens (tertiary/aromatic N) is 3. The van der Waals surface area contributed by atoms with Gasteiger partial charge in [-0.05, 0) is 39.0 Å². The highest BCUT2D eigenvalue weighted by molar-refractivity contribution is 7.14. The summed E-state index contributed by atoms with van der Waals surface area (Å²) in [5.74, 6) is 0.231. The number of hydrogen-bond acceptors (Lipinski definition) is 5. The standard InChI is InChI=1S/C18H23N3O3S/c1-18(2,3)21(5)16(23)14-11-25-17(19-14)20(4)15(22)12-8-7-9-13(10-12)24-6/h7-11H,1-6H3. The van der Waals surface area contributed by atoms with E-state index in [0.717, 1.165) is 0 Å². The third kappa shape index (κ3) is 4.17. The molecule has 2 amide bonds. The predicted octanol–water partition coefficient (Wildman–Crippen LogP) is 3.30. The van der Waals surface area contributed by atoms with Crippen molar-refractivity contribution in [2.24, 2.45) is 0 Å². The van der Waals surface area contributed by atoms with Crippen molar-refractivity contribution in [3.63, 3.8) is 0 Å². The zero-order valence-electron chi connectivity index (χ0n) is 15.4. The third-order valence-electron chi connectivity index (χ3n) is 3.93. The van der Waals surface area contributed by atoms with Gasteiger partial charge in [0, 0.05) is 30.6 Å². The minimum atomic E-state index is -0.302. The highest BCUT2D eigenvalue weighted by atomic mass is 32.1. The van der Waals surface area contributed by atoms with Gasteiger partial charge in [-0.2, -0.15) is 0 Å². The number of rotatable bonds is 4. The SMILES string of the molecule is COc1cccc(C(=O)N(C)c2nc(C(=O)N(C)C(C)(C)C)cs2)c1. The van der Waals surface area contributed by atoms with E-state index < -0.39 is 0 Å².